The molecule has 1 atom stereocenters. The van der Waals surface area contributed by atoms with Crippen molar-refractivity contribution in [1.82, 2.24) is 0 Å². The molecule has 0 saturated heterocycles. The number of methoxy groups -OCH3 is 1. The zero-order chi connectivity index (χ0) is 14.7. The normalized spacial score (nSPS) is 15.6. The molecule has 108 valence electrons. The lowest BCUT2D eigenvalue weighted by molar-refractivity contribution is -0.116. The summed E-state index contributed by atoms with van der Waals surface area (Å²) in [5.41, 5.74) is 6.52. The van der Waals surface area contributed by atoms with E-state index < -0.39 is 5.97 Å². The van der Waals surface area contributed by atoms with Crippen molar-refractivity contribution in [3.63, 3.8) is 0 Å². The minimum atomic E-state index is -0.525. The molecule has 0 radical (unpaired) electrons. The molecule has 3 N–H and O–H groups in total. The van der Waals surface area contributed by atoms with Crippen LogP contribution in [0.15, 0.2) is 18.2 Å². The maximum Gasteiger partial charge on any atom is 0.339 e. The number of carbonyl (C=O) groups is 2. The van der Waals surface area contributed by atoms with Gasteiger partial charge in [0.15, 0.2) is 0 Å². The second kappa shape index (κ2) is 6.24. The maximum atomic E-state index is 11.9. The highest BCUT2D eigenvalue weighted by atomic mass is 35.5. The Morgan fingerprint density at radius 3 is 2.80 bits per heavy atom. The quantitative estimate of drug-likeness (QED) is 0.816. The molecule has 0 bridgehead atoms. The summed E-state index contributed by atoms with van der Waals surface area (Å²) in [4.78, 5) is 23.6. The third kappa shape index (κ3) is 3.71. The Bertz CT molecular complexity index is 529. The Kier molecular flexibility index (Phi) is 4.62. The summed E-state index contributed by atoms with van der Waals surface area (Å²) in [6.07, 6.45) is 2.40. The van der Waals surface area contributed by atoms with Crippen molar-refractivity contribution in [2.24, 2.45) is 11.7 Å². The highest BCUT2D eigenvalue weighted by molar-refractivity contribution is 6.31. The molecule has 1 aliphatic rings. The number of carbonyl (C=O) groups excluding carboxylic acids is 2. The Labute approximate surface area is 122 Å². The van der Waals surface area contributed by atoms with Crippen LogP contribution in [0.2, 0.25) is 5.02 Å². The van der Waals surface area contributed by atoms with Crippen LogP contribution >= 0.6 is 11.6 Å². The first kappa shape index (κ1) is 14.8. The van der Waals surface area contributed by atoms with Gasteiger partial charge in [-0.2, -0.15) is 0 Å². The largest absolute Gasteiger partial charge is 0.465 e. The van der Waals surface area contributed by atoms with E-state index >= 15 is 0 Å². The Morgan fingerprint density at radius 1 is 1.50 bits per heavy atom. The molecule has 20 heavy (non-hydrogen) atoms. The van der Waals surface area contributed by atoms with Gasteiger partial charge in [-0.05, 0) is 37.0 Å². The Morgan fingerprint density at radius 2 is 2.20 bits per heavy atom. The van der Waals surface area contributed by atoms with Crippen molar-refractivity contribution < 1.29 is 14.3 Å². The van der Waals surface area contributed by atoms with E-state index in [1.807, 2.05) is 0 Å². The van der Waals surface area contributed by atoms with Gasteiger partial charge in [-0.15, -0.1) is 0 Å². The van der Waals surface area contributed by atoms with E-state index in [0.717, 1.165) is 12.8 Å². The van der Waals surface area contributed by atoms with Crippen LogP contribution in [0.25, 0.3) is 0 Å². The van der Waals surface area contributed by atoms with Crippen molar-refractivity contribution >= 4 is 29.2 Å². The standard InChI is InChI=1S/C14H17ClN2O3/c1-20-14(19)10-5-4-9(15)6-12(10)17-13(18)7-11(16)8-2-3-8/h4-6,8,11H,2-3,7,16H2,1H3,(H,17,18). The van der Waals surface area contributed by atoms with Crippen molar-refractivity contribution in [2.75, 3.05) is 12.4 Å². The molecule has 0 aliphatic heterocycles. The molecule has 0 spiro atoms. The molecular formula is C14H17ClN2O3. The number of nitrogens with two attached hydrogens (primary N) is 1. The molecule has 1 aromatic rings. The van der Waals surface area contributed by atoms with Crippen LogP contribution in [-0.4, -0.2) is 25.0 Å². The van der Waals surface area contributed by atoms with Gasteiger partial charge in [0.05, 0.1) is 18.4 Å². The molecule has 1 amide bonds. The monoisotopic (exact) mass is 296 g/mol. The molecule has 6 heteroatoms. The molecule has 1 aliphatic carbocycles. The first-order valence-electron chi connectivity index (χ1n) is 6.44. The third-order valence-corrected chi connectivity index (χ3v) is 3.54. The van der Waals surface area contributed by atoms with Crippen molar-refractivity contribution in [3.05, 3.63) is 28.8 Å². The molecule has 5 nitrogen and oxygen atoms in total. The summed E-state index contributed by atoms with van der Waals surface area (Å²) in [5.74, 6) is -0.305. The molecular weight excluding hydrogens is 280 g/mol. The van der Waals surface area contributed by atoms with Gasteiger partial charge in [-0.1, -0.05) is 11.6 Å². The highest BCUT2D eigenvalue weighted by Crippen LogP contribution is 2.33. The van der Waals surface area contributed by atoms with Crippen LogP contribution < -0.4 is 11.1 Å². The van der Waals surface area contributed by atoms with E-state index in [1.165, 1.54) is 19.2 Å². The minimum Gasteiger partial charge on any atom is -0.465 e. The number of rotatable bonds is 5. The van der Waals surface area contributed by atoms with Gasteiger partial charge in [0.1, 0.15) is 0 Å². The summed E-state index contributed by atoms with van der Waals surface area (Å²) in [7, 11) is 1.28. The van der Waals surface area contributed by atoms with Crippen LogP contribution in [0, 0.1) is 5.92 Å². The second-order valence-corrected chi connectivity index (χ2v) is 5.37. The molecule has 1 unspecified atom stereocenters. The van der Waals surface area contributed by atoms with E-state index in [4.69, 9.17) is 17.3 Å². The maximum absolute atomic E-state index is 11.9. The first-order valence-corrected chi connectivity index (χ1v) is 6.82. The van der Waals surface area contributed by atoms with Gasteiger partial charge in [0, 0.05) is 17.5 Å². The topological polar surface area (TPSA) is 81.4 Å². The minimum absolute atomic E-state index is 0.129. The van der Waals surface area contributed by atoms with E-state index in [1.54, 1.807) is 6.07 Å². The van der Waals surface area contributed by atoms with Crippen LogP contribution in [0.3, 0.4) is 0 Å². The van der Waals surface area contributed by atoms with E-state index in [2.05, 4.69) is 10.1 Å². The van der Waals surface area contributed by atoms with E-state index in [-0.39, 0.29) is 23.9 Å². The molecule has 2 rings (SSSR count). The number of anilines is 1. The number of hydrogen-bond acceptors (Lipinski definition) is 4. The summed E-state index contributed by atoms with van der Waals surface area (Å²) < 4.78 is 4.67. The van der Waals surface area contributed by atoms with Crippen molar-refractivity contribution in [2.45, 2.75) is 25.3 Å². The average molecular weight is 297 g/mol. The molecule has 0 heterocycles. The number of esters is 1. The third-order valence-electron chi connectivity index (χ3n) is 3.31. The SMILES string of the molecule is COC(=O)c1ccc(Cl)cc1NC(=O)CC(N)C1CC1. The average Bonchev–Trinajstić information content (AvgIpc) is 3.22. The number of amides is 1. The zero-order valence-corrected chi connectivity index (χ0v) is 11.9. The predicted octanol–water partition coefficient (Wildman–Crippen LogP) is 2.19. The first-order chi connectivity index (χ1) is 9.51. The second-order valence-electron chi connectivity index (χ2n) is 4.94. The fourth-order valence-electron chi connectivity index (χ4n) is 2.01. The predicted molar refractivity (Wildman–Crippen MR) is 76.7 cm³/mol. The number of halogens is 1. The summed E-state index contributed by atoms with van der Waals surface area (Å²) in [6.45, 7) is 0. The lowest BCUT2D eigenvalue weighted by Crippen LogP contribution is -2.29. The Balaban J connectivity index is 2.08. The smallest absolute Gasteiger partial charge is 0.339 e. The van der Waals surface area contributed by atoms with Gasteiger partial charge >= 0.3 is 5.97 Å². The number of nitrogens with one attached hydrogen (secondary N) is 1. The Hall–Kier alpha value is -1.59. The van der Waals surface area contributed by atoms with Crippen molar-refractivity contribution in [3.8, 4) is 0 Å². The number of benzene rings is 1. The van der Waals surface area contributed by atoms with E-state index in [0.29, 0.717) is 16.6 Å². The van der Waals surface area contributed by atoms with Crippen LogP contribution in [-0.2, 0) is 9.53 Å². The van der Waals surface area contributed by atoms with Crippen LogP contribution in [0.5, 0.6) is 0 Å². The van der Waals surface area contributed by atoms with Gasteiger partial charge in [-0.25, -0.2) is 4.79 Å². The fraction of sp³-hybridized carbons (Fsp3) is 0.429. The van der Waals surface area contributed by atoms with Gasteiger partial charge in [0.2, 0.25) is 5.91 Å². The highest BCUT2D eigenvalue weighted by Gasteiger charge is 2.30. The molecule has 0 aromatic heterocycles. The fourth-order valence-corrected chi connectivity index (χ4v) is 2.19. The van der Waals surface area contributed by atoms with E-state index in [9.17, 15) is 9.59 Å². The summed E-state index contributed by atoms with van der Waals surface area (Å²) in [6, 6.07) is 4.48. The van der Waals surface area contributed by atoms with Gasteiger partial charge in [0.25, 0.3) is 0 Å². The van der Waals surface area contributed by atoms with Gasteiger partial charge in [-0.3, -0.25) is 4.79 Å². The molecule has 1 fully saturated rings. The molecule has 1 saturated carbocycles. The zero-order valence-electron chi connectivity index (χ0n) is 11.2. The van der Waals surface area contributed by atoms with Gasteiger partial charge < -0.3 is 15.8 Å². The summed E-state index contributed by atoms with van der Waals surface area (Å²) in [5, 5.41) is 3.11. The lowest BCUT2D eigenvalue weighted by atomic mass is 10.1. The van der Waals surface area contributed by atoms with Crippen molar-refractivity contribution in [1.29, 1.82) is 0 Å². The number of ether oxygens (including phenoxy) is 1. The summed E-state index contributed by atoms with van der Waals surface area (Å²) >= 11 is 5.89. The lowest BCUT2D eigenvalue weighted by Gasteiger charge is -2.13. The van der Waals surface area contributed by atoms with Crippen LogP contribution in [0.1, 0.15) is 29.6 Å². The van der Waals surface area contributed by atoms with Crippen LogP contribution in [0.4, 0.5) is 5.69 Å². The molecule has 1 aromatic carbocycles. The number of hydrogen-bond donors (Lipinski definition) is 2.